The molecule has 3 N–H and O–H groups in total. The minimum atomic E-state index is -0.00277. The number of benzene rings is 1. The van der Waals surface area contributed by atoms with Crippen LogP contribution in [0, 0.1) is 0 Å². The molecular formula is C25H45N5O. The Morgan fingerprint density at radius 1 is 1.03 bits per heavy atom. The minimum Gasteiger partial charge on any atom is -0.381 e. The summed E-state index contributed by atoms with van der Waals surface area (Å²) >= 11 is 0. The van der Waals surface area contributed by atoms with Crippen molar-refractivity contribution in [2.24, 2.45) is 4.99 Å². The summed E-state index contributed by atoms with van der Waals surface area (Å²) in [5.41, 5.74) is 1.31. The van der Waals surface area contributed by atoms with Gasteiger partial charge in [-0.15, -0.1) is 0 Å². The zero-order valence-corrected chi connectivity index (χ0v) is 20.6. The van der Waals surface area contributed by atoms with E-state index in [1.807, 2.05) is 7.05 Å². The molecule has 1 heterocycles. The summed E-state index contributed by atoms with van der Waals surface area (Å²) in [7, 11) is 1.85. The van der Waals surface area contributed by atoms with Crippen molar-refractivity contribution in [1.29, 1.82) is 0 Å². The normalized spacial score (nSPS) is 17.9. The monoisotopic (exact) mass is 431 g/mol. The van der Waals surface area contributed by atoms with Crippen LogP contribution in [0.25, 0.3) is 0 Å². The van der Waals surface area contributed by atoms with E-state index in [4.69, 9.17) is 4.74 Å². The maximum absolute atomic E-state index is 5.67. The molecule has 1 unspecified atom stereocenters. The summed E-state index contributed by atoms with van der Waals surface area (Å²) in [5, 5.41) is 11.0. The Morgan fingerprint density at radius 2 is 1.68 bits per heavy atom. The number of hydrogen-bond acceptors (Lipinski definition) is 4. The van der Waals surface area contributed by atoms with Gasteiger partial charge in [-0.25, -0.2) is 0 Å². The first-order valence-electron chi connectivity index (χ1n) is 12.0. The first kappa shape index (κ1) is 25.6. The molecule has 6 nitrogen and oxygen atoms in total. The molecule has 1 atom stereocenters. The van der Waals surface area contributed by atoms with Crippen molar-refractivity contribution < 1.29 is 4.74 Å². The van der Waals surface area contributed by atoms with Gasteiger partial charge in [0.1, 0.15) is 0 Å². The van der Waals surface area contributed by atoms with Crippen LogP contribution in [0.4, 0.5) is 0 Å². The molecule has 1 aliphatic heterocycles. The van der Waals surface area contributed by atoms with E-state index in [2.05, 4.69) is 90.8 Å². The number of rotatable bonds is 11. The number of aliphatic imine (C=N–C) groups is 1. The van der Waals surface area contributed by atoms with Crippen LogP contribution in [0.1, 0.15) is 65.5 Å². The second-order valence-corrected chi connectivity index (χ2v) is 9.30. The van der Waals surface area contributed by atoms with Gasteiger partial charge in [0, 0.05) is 63.6 Å². The van der Waals surface area contributed by atoms with E-state index in [1.165, 1.54) is 5.56 Å². The van der Waals surface area contributed by atoms with Crippen molar-refractivity contribution in [2.75, 3.05) is 39.9 Å². The number of ether oxygens (including phenoxy) is 1. The molecule has 1 aliphatic rings. The third kappa shape index (κ3) is 8.43. The lowest BCUT2D eigenvalue weighted by Gasteiger charge is -2.41. The maximum atomic E-state index is 5.67. The van der Waals surface area contributed by atoms with Gasteiger partial charge >= 0.3 is 0 Å². The van der Waals surface area contributed by atoms with E-state index in [0.29, 0.717) is 12.1 Å². The molecular weight excluding hydrogens is 386 g/mol. The summed E-state index contributed by atoms with van der Waals surface area (Å²) < 4.78 is 5.67. The fraction of sp³-hybridized carbons (Fsp3) is 0.720. The zero-order valence-electron chi connectivity index (χ0n) is 20.6. The van der Waals surface area contributed by atoms with Gasteiger partial charge in [0.05, 0.1) is 0 Å². The highest BCUT2D eigenvalue weighted by Gasteiger charge is 2.34. The van der Waals surface area contributed by atoms with Gasteiger partial charge in [-0.1, -0.05) is 30.3 Å². The summed E-state index contributed by atoms with van der Waals surface area (Å²) in [6.07, 6.45) is 3.08. The quantitative estimate of drug-likeness (QED) is 0.284. The van der Waals surface area contributed by atoms with Crippen molar-refractivity contribution in [3.8, 4) is 0 Å². The Morgan fingerprint density at radius 3 is 2.26 bits per heavy atom. The van der Waals surface area contributed by atoms with Gasteiger partial charge in [-0.05, 0) is 59.4 Å². The fourth-order valence-electron chi connectivity index (χ4n) is 4.47. The summed E-state index contributed by atoms with van der Waals surface area (Å²) in [6, 6.07) is 12.1. The van der Waals surface area contributed by atoms with Crippen LogP contribution >= 0.6 is 0 Å². The molecule has 1 aromatic carbocycles. The first-order valence-corrected chi connectivity index (χ1v) is 12.0. The number of hydrogen-bond donors (Lipinski definition) is 3. The van der Waals surface area contributed by atoms with Crippen molar-refractivity contribution >= 4 is 5.96 Å². The Kier molecular flexibility index (Phi) is 10.8. The fourth-order valence-corrected chi connectivity index (χ4v) is 4.47. The molecule has 176 valence electrons. The van der Waals surface area contributed by atoms with Crippen LogP contribution < -0.4 is 16.0 Å². The maximum Gasteiger partial charge on any atom is 0.191 e. The summed E-state index contributed by atoms with van der Waals surface area (Å²) in [4.78, 5) is 6.98. The molecule has 0 saturated carbocycles. The van der Waals surface area contributed by atoms with Crippen LogP contribution in [0.3, 0.4) is 0 Å². The Hall–Kier alpha value is -1.63. The lowest BCUT2D eigenvalue weighted by Crippen LogP contribution is -2.58. The molecule has 1 saturated heterocycles. The van der Waals surface area contributed by atoms with E-state index >= 15 is 0 Å². The highest BCUT2D eigenvalue weighted by Crippen LogP contribution is 2.25. The lowest BCUT2D eigenvalue weighted by atomic mass is 9.88. The summed E-state index contributed by atoms with van der Waals surface area (Å²) in [6.45, 7) is 15.7. The van der Waals surface area contributed by atoms with Gasteiger partial charge < -0.3 is 20.7 Å². The van der Waals surface area contributed by atoms with Crippen molar-refractivity contribution in [1.82, 2.24) is 20.9 Å². The van der Waals surface area contributed by atoms with E-state index in [1.54, 1.807) is 0 Å². The van der Waals surface area contributed by atoms with Crippen molar-refractivity contribution in [3.05, 3.63) is 35.9 Å². The van der Waals surface area contributed by atoms with Crippen LogP contribution in [0.5, 0.6) is 0 Å². The van der Waals surface area contributed by atoms with E-state index in [0.717, 1.165) is 58.1 Å². The second kappa shape index (κ2) is 13.0. The highest BCUT2D eigenvalue weighted by molar-refractivity contribution is 5.79. The predicted molar refractivity (Wildman–Crippen MR) is 132 cm³/mol. The Labute approximate surface area is 190 Å². The average molecular weight is 432 g/mol. The largest absolute Gasteiger partial charge is 0.381 e. The predicted octanol–water partition coefficient (Wildman–Crippen LogP) is 3.56. The first-order chi connectivity index (χ1) is 14.9. The van der Waals surface area contributed by atoms with Gasteiger partial charge in [0.2, 0.25) is 0 Å². The van der Waals surface area contributed by atoms with Crippen LogP contribution in [0.2, 0.25) is 0 Å². The third-order valence-electron chi connectivity index (χ3n) is 6.30. The Balaban J connectivity index is 1.86. The molecule has 0 aliphatic carbocycles. The van der Waals surface area contributed by atoms with E-state index in [-0.39, 0.29) is 11.6 Å². The number of nitrogens with one attached hydrogen (secondary N) is 3. The third-order valence-corrected chi connectivity index (χ3v) is 6.30. The average Bonchev–Trinajstić information content (AvgIpc) is 2.76. The lowest BCUT2D eigenvalue weighted by molar-refractivity contribution is 0.0355. The van der Waals surface area contributed by atoms with E-state index < -0.39 is 0 Å². The van der Waals surface area contributed by atoms with Gasteiger partial charge in [0.25, 0.3) is 0 Å². The van der Waals surface area contributed by atoms with Gasteiger partial charge in [-0.3, -0.25) is 9.89 Å². The molecule has 0 bridgehead atoms. The van der Waals surface area contributed by atoms with Crippen LogP contribution in [-0.2, 0) is 4.74 Å². The standard InChI is InChI=1S/C25H45N5O/c1-20(2)30(21(3)4)16-10-15-27-24(26-6)28-19-25(13-17-31-18-14-25)29-22(5)23-11-8-7-9-12-23/h7-9,11-12,20-22,29H,10,13-19H2,1-6H3,(H2,26,27,28). The van der Waals surface area contributed by atoms with Gasteiger partial charge in [-0.2, -0.15) is 0 Å². The molecule has 1 fully saturated rings. The van der Waals surface area contributed by atoms with Crippen LogP contribution in [0.15, 0.2) is 35.3 Å². The topological polar surface area (TPSA) is 60.9 Å². The molecule has 0 amide bonds. The second-order valence-electron chi connectivity index (χ2n) is 9.30. The smallest absolute Gasteiger partial charge is 0.191 e. The highest BCUT2D eigenvalue weighted by atomic mass is 16.5. The molecule has 6 heteroatoms. The minimum absolute atomic E-state index is 0.00277. The Bertz CT molecular complexity index is 633. The van der Waals surface area contributed by atoms with Crippen molar-refractivity contribution in [2.45, 2.75) is 77.5 Å². The molecule has 1 aromatic rings. The molecule has 0 aromatic heterocycles. The number of guanidine groups is 1. The molecule has 0 spiro atoms. The van der Waals surface area contributed by atoms with E-state index in [9.17, 15) is 0 Å². The summed E-state index contributed by atoms with van der Waals surface area (Å²) in [5.74, 6) is 0.876. The van der Waals surface area contributed by atoms with Gasteiger partial charge in [0.15, 0.2) is 5.96 Å². The zero-order chi connectivity index (χ0) is 22.7. The van der Waals surface area contributed by atoms with Crippen molar-refractivity contribution in [3.63, 3.8) is 0 Å². The molecule has 31 heavy (non-hydrogen) atoms. The van der Waals surface area contributed by atoms with Crippen LogP contribution in [-0.4, -0.2) is 68.4 Å². The number of nitrogens with zero attached hydrogens (tertiary/aromatic N) is 2. The molecule has 2 rings (SSSR count). The molecule has 0 radical (unpaired) electrons. The SMILES string of the molecule is CN=C(NCCCN(C(C)C)C(C)C)NCC1(NC(C)c2ccccc2)CCOCC1.